The minimum atomic E-state index is -0.0338. The lowest BCUT2D eigenvalue weighted by Gasteiger charge is -2.28. The Kier molecular flexibility index (Phi) is 5.61. The fraction of sp³-hybridized carbons (Fsp3) is 0.632. The maximum absolute atomic E-state index is 12.4. The standard InChI is InChI=1S/C19H28N2O3/c1-13(15-5-7-20-8-6-15)11-19(22)21-14(2)16-3-4-17-18(12-16)24-10-9-23-17/h3-4,12-15,20H,5-11H2,1-2H3,(H,21,22). The van der Waals surface area contributed by atoms with Crippen molar-refractivity contribution < 1.29 is 14.3 Å². The Morgan fingerprint density at radius 3 is 2.67 bits per heavy atom. The molecule has 0 radical (unpaired) electrons. The van der Waals surface area contributed by atoms with E-state index in [0.29, 0.717) is 31.5 Å². The number of carbonyl (C=O) groups excluding carboxylic acids is 1. The predicted molar refractivity (Wildman–Crippen MR) is 93.4 cm³/mol. The third-order valence-electron chi connectivity index (χ3n) is 5.14. The van der Waals surface area contributed by atoms with E-state index in [1.165, 1.54) is 12.8 Å². The highest BCUT2D eigenvalue weighted by Gasteiger charge is 2.23. The van der Waals surface area contributed by atoms with Gasteiger partial charge in [-0.1, -0.05) is 13.0 Å². The van der Waals surface area contributed by atoms with Crippen LogP contribution in [0.5, 0.6) is 11.5 Å². The summed E-state index contributed by atoms with van der Waals surface area (Å²) in [5, 5.41) is 6.50. The lowest BCUT2D eigenvalue weighted by atomic mass is 9.84. The third-order valence-corrected chi connectivity index (χ3v) is 5.14. The first-order chi connectivity index (χ1) is 11.6. The van der Waals surface area contributed by atoms with Gasteiger partial charge in [-0.2, -0.15) is 0 Å². The van der Waals surface area contributed by atoms with Gasteiger partial charge in [0.2, 0.25) is 5.91 Å². The van der Waals surface area contributed by atoms with Crippen LogP contribution in [0.3, 0.4) is 0 Å². The third kappa shape index (κ3) is 4.20. The zero-order valence-electron chi connectivity index (χ0n) is 14.6. The van der Waals surface area contributed by atoms with Gasteiger partial charge in [0.05, 0.1) is 6.04 Å². The van der Waals surface area contributed by atoms with Gasteiger partial charge in [-0.25, -0.2) is 0 Å². The highest BCUT2D eigenvalue weighted by Crippen LogP contribution is 2.32. The predicted octanol–water partition coefficient (Wildman–Crippen LogP) is 2.66. The van der Waals surface area contributed by atoms with Crippen LogP contribution in [-0.2, 0) is 4.79 Å². The molecule has 2 aliphatic rings. The van der Waals surface area contributed by atoms with Gasteiger partial charge in [0, 0.05) is 6.42 Å². The summed E-state index contributed by atoms with van der Waals surface area (Å²) < 4.78 is 11.2. The quantitative estimate of drug-likeness (QED) is 0.870. The number of ether oxygens (including phenoxy) is 2. The summed E-state index contributed by atoms with van der Waals surface area (Å²) in [7, 11) is 0. The maximum Gasteiger partial charge on any atom is 0.220 e. The van der Waals surface area contributed by atoms with Crippen LogP contribution in [0.4, 0.5) is 0 Å². The number of piperidine rings is 1. The highest BCUT2D eigenvalue weighted by atomic mass is 16.6. The molecule has 2 atom stereocenters. The summed E-state index contributed by atoms with van der Waals surface area (Å²) >= 11 is 0. The van der Waals surface area contributed by atoms with E-state index in [4.69, 9.17) is 9.47 Å². The number of benzene rings is 1. The Hall–Kier alpha value is -1.75. The summed E-state index contributed by atoms with van der Waals surface area (Å²) in [6, 6.07) is 5.85. The van der Waals surface area contributed by atoms with E-state index in [1.54, 1.807) is 0 Å². The number of hydrogen-bond acceptors (Lipinski definition) is 4. The van der Waals surface area contributed by atoms with Crippen LogP contribution in [0.2, 0.25) is 0 Å². The summed E-state index contributed by atoms with van der Waals surface area (Å²) in [5.74, 6) is 2.76. The second-order valence-corrected chi connectivity index (χ2v) is 6.96. The molecule has 1 saturated heterocycles. The van der Waals surface area contributed by atoms with Crippen LogP contribution in [0.25, 0.3) is 0 Å². The monoisotopic (exact) mass is 332 g/mol. The van der Waals surface area contributed by atoms with Crippen molar-refractivity contribution in [2.24, 2.45) is 11.8 Å². The van der Waals surface area contributed by atoms with E-state index in [9.17, 15) is 4.79 Å². The molecule has 2 aliphatic heterocycles. The molecular weight excluding hydrogens is 304 g/mol. The van der Waals surface area contributed by atoms with Crippen molar-refractivity contribution in [3.63, 3.8) is 0 Å². The van der Waals surface area contributed by atoms with Crippen molar-refractivity contribution in [1.29, 1.82) is 0 Å². The molecule has 3 rings (SSSR count). The van der Waals surface area contributed by atoms with Gasteiger partial charge < -0.3 is 20.1 Å². The average molecular weight is 332 g/mol. The molecule has 5 nitrogen and oxygen atoms in total. The molecule has 5 heteroatoms. The Labute approximate surface area is 144 Å². The molecule has 1 fully saturated rings. The molecule has 1 amide bonds. The van der Waals surface area contributed by atoms with Gasteiger partial charge in [-0.15, -0.1) is 0 Å². The first-order valence-electron chi connectivity index (χ1n) is 9.03. The molecule has 1 aromatic carbocycles. The van der Waals surface area contributed by atoms with Crippen LogP contribution < -0.4 is 20.1 Å². The lowest BCUT2D eigenvalue weighted by Crippen LogP contribution is -2.34. The smallest absolute Gasteiger partial charge is 0.220 e. The zero-order valence-corrected chi connectivity index (χ0v) is 14.6. The number of rotatable bonds is 5. The molecule has 0 bridgehead atoms. The molecule has 0 saturated carbocycles. The van der Waals surface area contributed by atoms with Crippen LogP contribution in [0, 0.1) is 11.8 Å². The van der Waals surface area contributed by atoms with Crippen LogP contribution in [-0.4, -0.2) is 32.2 Å². The first-order valence-corrected chi connectivity index (χ1v) is 9.03. The number of carbonyl (C=O) groups is 1. The van der Waals surface area contributed by atoms with E-state index in [0.717, 1.165) is 30.2 Å². The lowest BCUT2D eigenvalue weighted by molar-refractivity contribution is -0.123. The molecule has 2 N–H and O–H groups in total. The Morgan fingerprint density at radius 1 is 1.21 bits per heavy atom. The molecule has 2 heterocycles. The minimum Gasteiger partial charge on any atom is -0.486 e. The second kappa shape index (κ2) is 7.88. The first kappa shape index (κ1) is 17.1. The largest absolute Gasteiger partial charge is 0.486 e. The molecular formula is C19H28N2O3. The Bertz CT molecular complexity index is 570. The van der Waals surface area contributed by atoms with Crippen LogP contribution >= 0.6 is 0 Å². The van der Waals surface area contributed by atoms with E-state index < -0.39 is 0 Å². The van der Waals surface area contributed by atoms with Crippen molar-refractivity contribution in [2.45, 2.75) is 39.2 Å². The van der Waals surface area contributed by atoms with Gasteiger partial charge >= 0.3 is 0 Å². The van der Waals surface area contributed by atoms with Crippen molar-refractivity contribution in [3.05, 3.63) is 23.8 Å². The van der Waals surface area contributed by atoms with E-state index in [2.05, 4.69) is 17.6 Å². The van der Waals surface area contributed by atoms with Crippen LogP contribution in [0.15, 0.2) is 18.2 Å². The summed E-state index contributed by atoms with van der Waals surface area (Å²) in [4.78, 5) is 12.4. The van der Waals surface area contributed by atoms with Gasteiger partial charge in [0.1, 0.15) is 13.2 Å². The topological polar surface area (TPSA) is 59.6 Å². The normalized spacial score (nSPS) is 20.2. The van der Waals surface area contributed by atoms with Crippen molar-refractivity contribution in [3.8, 4) is 11.5 Å². The summed E-state index contributed by atoms with van der Waals surface area (Å²) in [5.41, 5.74) is 1.04. The van der Waals surface area contributed by atoms with Gasteiger partial charge in [0.25, 0.3) is 0 Å². The molecule has 1 aromatic rings. The molecule has 0 spiro atoms. The van der Waals surface area contributed by atoms with Gasteiger partial charge in [0.15, 0.2) is 11.5 Å². The zero-order chi connectivity index (χ0) is 16.9. The summed E-state index contributed by atoms with van der Waals surface area (Å²) in [6.45, 7) is 7.52. The molecule has 0 aromatic heterocycles. The Morgan fingerprint density at radius 2 is 1.92 bits per heavy atom. The van der Waals surface area contributed by atoms with E-state index in [1.807, 2.05) is 25.1 Å². The molecule has 132 valence electrons. The average Bonchev–Trinajstić information content (AvgIpc) is 2.61. The van der Waals surface area contributed by atoms with Crippen molar-refractivity contribution in [2.75, 3.05) is 26.3 Å². The number of amides is 1. The van der Waals surface area contributed by atoms with E-state index >= 15 is 0 Å². The van der Waals surface area contributed by atoms with Gasteiger partial charge in [-0.05, 0) is 62.4 Å². The Balaban J connectivity index is 1.53. The fourth-order valence-corrected chi connectivity index (χ4v) is 3.59. The number of nitrogens with one attached hydrogen (secondary N) is 2. The molecule has 0 aliphatic carbocycles. The number of hydrogen-bond donors (Lipinski definition) is 2. The van der Waals surface area contributed by atoms with E-state index in [-0.39, 0.29) is 11.9 Å². The minimum absolute atomic E-state index is 0.0338. The molecule has 24 heavy (non-hydrogen) atoms. The maximum atomic E-state index is 12.4. The SMILES string of the molecule is CC(NC(=O)CC(C)C1CCNCC1)c1ccc2c(c1)OCCO2. The van der Waals surface area contributed by atoms with Gasteiger partial charge in [-0.3, -0.25) is 4.79 Å². The highest BCUT2D eigenvalue weighted by molar-refractivity contribution is 5.76. The van der Waals surface area contributed by atoms with Crippen LogP contribution in [0.1, 0.15) is 44.7 Å². The number of fused-ring (bicyclic) bond motifs is 1. The summed E-state index contributed by atoms with van der Waals surface area (Å²) in [6.07, 6.45) is 2.94. The fourth-order valence-electron chi connectivity index (χ4n) is 3.59. The van der Waals surface area contributed by atoms with Crippen molar-refractivity contribution >= 4 is 5.91 Å². The molecule has 2 unspecified atom stereocenters. The second-order valence-electron chi connectivity index (χ2n) is 6.96. The van der Waals surface area contributed by atoms with Crippen molar-refractivity contribution in [1.82, 2.24) is 10.6 Å².